The number of hydrogen-bond acceptors (Lipinski definition) is 6. The third-order valence-electron chi connectivity index (χ3n) is 3.75. The highest BCUT2D eigenvalue weighted by Gasteiger charge is 2.15. The van der Waals surface area contributed by atoms with E-state index in [0.29, 0.717) is 27.7 Å². The van der Waals surface area contributed by atoms with Crippen LogP contribution in [-0.4, -0.2) is 29.0 Å². The van der Waals surface area contributed by atoms with Crippen molar-refractivity contribution in [2.75, 3.05) is 17.7 Å². The van der Waals surface area contributed by atoms with Crippen LogP contribution in [0.15, 0.2) is 54.6 Å². The normalized spacial score (nSPS) is 10.2. The van der Waals surface area contributed by atoms with Gasteiger partial charge in [-0.1, -0.05) is 29.8 Å². The number of rotatable bonds is 5. The summed E-state index contributed by atoms with van der Waals surface area (Å²) in [6, 6.07) is 15.2. The van der Waals surface area contributed by atoms with Gasteiger partial charge in [0.15, 0.2) is 0 Å². The van der Waals surface area contributed by atoms with Crippen molar-refractivity contribution < 1.29 is 14.3 Å². The average molecular weight is 397 g/mol. The van der Waals surface area contributed by atoms with Crippen molar-refractivity contribution >= 4 is 40.8 Å². The Bertz CT molecular complexity index is 1040. The Balaban J connectivity index is 1.86. The topological polar surface area (TPSA) is 93.2 Å². The molecule has 1 amide bonds. The number of methoxy groups -OCH3 is 1. The zero-order valence-corrected chi connectivity index (χ0v) is 15.9. The second kappa shape index (κ2) is 8.49. The average Bonchev–Trinajstić information content (AvgIpc) is 2.67. The lowest BCUT2D eigenvalue weighted by atomic mass is 10.2. The summed E-state index contributed by atoms with van der Waals surface area (Å²) in [5.74, 6) is -0.709. The molecule has 0 spiro atoms. The fourth-order valence-corrected chi connectivity index (χ4v) is 2.69. The lowest BCUT2D eigenvalue weighted by Gasteiger charge is -2.11. The third kappa shape index (κ3) is 4.63. The van der Waals surface area contributed by atoms with Gasteiger partial charge in [0.05, 0.1) is 18.4 Å². The Hall–Kier alpha value is -3.45. The molecule has 1 aromatic heterocycles. The molecule has 3 aromatic rings. The van der Waals surface area contributed by atoms with Crippen LogP contribution in [0.1, 0.15) is 26.5 Å². The van der Waals surface area contributed by atoms with Crippen LogP contribution in [0.25, 0.3) is 0 Å². The van der Waals surface area contributed by atoms with Crippen molar-refractivity contribution in [3.8, 4) is 0 Å². The van der Waals surface area contributed by atoms with Crippen molar-refractivity contribution in [2.45, 2.75) is 6.92 Å². The molecule has 142 valence electrons. The number of benzene rings is 2. The number of amides is 1. The highest BCUT2D eigenvalue weighted by molar-refractivity contribution is 6.30. The Morgan fingerprint density at radius 3 is 2.57 bits per heavy atom. The van der Waals surface area contributed by atoms with E-state index in [1.54, 1.807) is 61.5 Å². The minimum atomic E-state index is -0.491. The molecule has 8 heteroatoms. The molecule has 3 rings (SSSR count). The molecule has 0 aliphatic heterocycles. The number of carbonyl (C=O) groups is 2. The molecule has 0 aliphatic rings. The van der Waals surface area contributed by atoms with Crippen LogP contribution in [-0.2, 0) is 4.74 Å². The number of anilines is 3. The number of esters is 1. The first-order valence-corrected chi connectivity index (χ1v) is 8.71. The summed E-state index contributed by atoms with van der Waals surface area (Å²) >= 11 is 5.94. The van der Waals surface area contributed by atoms with Crippen LogP contribution in [0.5, 0.6) is 0 Å². The molecule has 0 atom stereocenters. The lowest BCUT2D eigenvalue weighted by molar-refractivity contribution is 0.0601. The standard InChI is InChI=1S/C20H17ClN4O3/c1-12-10-17(18(26)23-14-7-5-6-13(21)11-14)25-20(22-12)24-16-9-4-3-8-15(16)19(27)28-2/h3-11H,1-2H3,(H,23,26)(H,22,24,25). The van der Waals surface area contributed by atoms with Crippen LogP contribution >= 0.6 is 11.6 Å². The minimum absolute atomic E-state index is 0.172. The van der Waals surface area contributed by atoms with E-state index in [2.05, 4.69) is 20.6 Å². The maximum Gasteiger partial charge on any atom is 0.339 e. The maximum absolute atomic E-state index is 12.6. The fourth-order valence-electron chi connectivity index (χ4n) is 2.50. The Morgan fingerprint density at radius 1 is 1.04 bits per heavy atom. The second-order valence-electron chi connectivity index (χ2n) is 5.84. The van der Waals surface area contributed by atoms with Crippen molar-refractivity contribution in [3.63, 3.8) is 0 Å². The van der Waals surface area contributed by atoms with Crippen molar-refractivity contribution in [1.82, 2.24) is 9.97 Å². The molecule has 28 heavy (non-hydrogen) atoms. The van der Waals surface area contributed by atoms with Gasteiger partial charge in [0, 0.05) is 16.4 Å². The van der Waals surface area contributed by atoms with Gasteiger partial charge in [0.1, 0.15) is 5.69 Å². The minimum Gasteiger partial charge on any atom is -0.465 e. The quantitative estimate of drug-likeness (QED) is 0.627. The van der Waals surface area contributed by atoms with Crippen molar-refractivity contribution in [2.24, 2.45) is 0 Å². The van der Waals surface area contributed by atoms with Crippen LogP contribution in [0, 0.1) is 6.92 Å². The summed E-state index contributed by atoms with van der Waals surface area (Å²) in [5.41, 5.74) is 2.12. The van der Waals surface area contributed by atoms with E-state index in [1.807, 2.05) is 0 Å². The number of nitrogens with zero attached hydrogens (tertiary/aromatic N) is 2. The van der Waals surface area contributed by atoms with Crippen molar-refractivity contribution in [3.05, 3.63) is 76.6 Å². The molecule has 1 heterocycles. The van der Waals surface area contributed by atoms with E-state index in [-0.39, 0.29) is 11.6 Å². The summed E-state index contributed by atoms with van der Waals surface area (Å²) < 4.78 is 4.78. The number of para-hydroxylation sites is 1. The number of hydrogen-bond donors (Lipinski definition) is 2. The van der Waals surface area contributed by atoms with Gasteiger partial charge >= 0.3 is 5.97 Å². The first-order chi connectivity index (χ1) is 13.5. The highest BCUT2D eigenvalue weighted by Crippen LogP contribution is 2.21. The SMILES string of the molecule is COC(=O)c1ccccc1Nc1nc(C)cc(C(=O)Nc2cccc(Cl)c2)n1. The lowest BCUT2D eigenvalue weighted by Crippen LogP contribution is -2.16. The number of halogens is 1. The predicted octanol–water partition coefficient (Wildman–Crippen LogP) is 4.22. The van der Waals surface area contributed by atoms with Crippen LogP contribution in [0.3, 0.4) is 0 Å². The molecule has 2 N–H and O–H groups in total. The van der Waals surface area contributed by atoms with Gasteiger partial charge in [0.2, 0.25) is 5.95 Å². The zero-order valence-electron chi connectivity index (χ0n) is 15.2. The van der Waals surface area contributed by atoms with E-state index in [0.717, 1.165) is 0 Å². The first-order valence-electron chi connectivity index (χ1n) is 8.33. The van der Waals surface area contributed by atoms with Crippen LogP contribution in [0.2, 0.25) is 5.02 Å². The van der Waals surface area contributed by atoms with E-state index in [9.17, 15) is 9.59 Å². The Morgan fingerprint density at radius 2 is 1.82 bits per heavy atom. The molecular weight excluding hydrogens is 380 g/mol. The van der Waals surface area contributed by atoms with Crippen LogP contribution in [0.4, 0.5) is 17.3 Å². The molecule has 0 aliphatic carbocycles. The smallest absolute Gasteiger partial charge is 0.339 e. The molecule has 0 radical (unpaired) electrons. The monoisotopic (exact) mass is 396 g/mol. The molecular formula is C20H17ClN4O3. The second-order valence-corrected chi connectivity index (χ2v) is 6.28. The number of ether oxygens (including phenoxy) is 1. The molecule has 0 saturated carbocycles. The van der Waals surface area contributed by atoms with E-state index < -0.39 is 11.9 Å². The van der Waals surface area contributed by atoms with E-state index in [4.69, 9.17) is 16.3 Å². The molecule has 7 nitrogen and oxygen atoms in total. The van der Waals surface area contributed by atoms with Crippen LogP contribution < -0.4 is 10.6 Å². The van der Waals surface area contributed by atoms with Gasteiger partial charge in [-0.25, -0.2) is 14.8 Å². The molecule has 0 saturated heterocycles. The molecule has 0 fully saturated rings. The predicted molar refractivity (Wildman–Crippen MR) is 107 cm³/mol. The van der Waals surface area contributed by atoms with Gasteiger partial charge < -0.3 is 15.4 Å². The summed E-state index contributed by atoms with van der Waals surface area (Å²) in [4.78, 5) is 33.0. The van der Waals surface area contributed by atoms with Gasteiger partial charge in [-0.15, -0.1) is 0 Å². The summed E-state index contributed by atoms with van der Waals surface area (Å²) in [6.07, 6.45) is 0. The Labute approximate surface area is 166 Å². The van der Waals surface area contributed by atoms with Crippen molar-refractivity contribution in [1.29, 1.82) is 0 Å². The summed E-state index contributed by atoms with van der Waals surface area (Å²) in [6.45, 7) is 1.75. The van der Waals surface area contributed by atoms with Gasteiger partial charge in [0.25, 0.3) is 5.91 Å². The number of carbonyl (C=O) groups excluding carboxylic acids is 2. The van der Waals surface area contributed by atoms with Gasteiger partial charge in [-0.05, 0) is 43.3 Å². The number of aryl methyl sites for hydroxylation is 1. The summed E-state index contributed by atoms with van der Waals surface area (Å²) in [5, 5.41) is 6.23. The molecule has 0 unspecified atom stereocenters. The van der Waals surface area contributed by atoms with E-state index >= 15 is 0 Å². The Kier molecular flexibility index (Phi) is 5.86. The van der Waals surface area contributed by atoms with Gasteiger partial charge in [-0.3, -0.25) is 4.79 Å². The fraction of sp³-hybridized carbons (Fsp3) is 0.100. The third-order valence-corrected chi connectivity index (χ3v) is 3.98. The molecule has 0 bridgehead atoms. The van der Waals surface area contributed by atoms with E-state index in [1.165, 1.54) is 7.11 Å². The number of nitrogens with one attached hydrogen (secondary N) is 2. The number of aromatic nitrogens is 2. The maximum atomic E-state index is 12.6. The zero-order chi connectivity index (χ0) is 20.1. The first kappa shape index (κ1) is 19.3. The largest absolute Gasteiger partial charge is 0.465 e. The summed E-state index contributed by atoms with van der Waals surface area (Å²) in [7, 11) is 1.31. The van der Waals surface area contributed by atoms with Gasteiger partial charge in [-0.2, -0.15) is 0 Å². The molecule has 2 aromatic carbocycles. The highest BCUT2D eigenvalue weighted by atomic mass is 35.5.